The summed E-state index contributed by atoms with van der Waals surface area (Å²) in [5.74, 6) is 1.97. The molecule has 0 saturated carbocycles. The van der Waals surface area contributed by atoms with Crippen molar-refractivity contribution in [2.24, 2.45) is 0 Å². The summed E-state index contributed by atoms with van der Waals surface area (Å²) in [7, 11) is 4.64. The number of hydrogen-bond donors (Lipinski definition) is 1. The van der Waals surface area contributed by atoms with Crippen molar-refractivity contribution in [1.29, 1.82) is 0 Å². The van der Waals surface area contributed by atoms with Gasteiger partial charge in [0.2, 0.25) is 5.88 Å². The Labute approximate surface area is 162 Å². The molecule has 0 unspecified atom stereocenters. The Bertz CT molecular complexity index is 953. The zero-order valence-electron chi connectivity index (χ0n) is 15.7. The highest BCUT2D eigenvalue weighted by Gasteiger charge is 2.16. The van der Waals surface area contributed by atoms with E-state index >= 15 is 0 Å². The number of benzene rings is 2. The third kappa shape index (κ3) is 4.17. The van der Waals surface area contributed by atoms with Gasteiger partial charge in [0.15, 0.2) is 29.6 Å². The number of rotatable bonds is 8. The number of carbonyl (C=O) groups excluding carboxylic acids is 1. The van der Waals surface area contributed by atoms with E-state index in [-0.39, 0.29) is 12.5 Å². The van der Waals surface area contributed by atoms with Crippen molar-refractivity contribution in [3.63, 3.8) is 0 Å². The first-order valence-electron chi connectivity index (χ1n) is 8.39. The molecule has 28 heavy (non-hydrogen) atoms. The van der Waals surface area contributed by atoms with Gasteiger partial charge in [-0.15, -0.1) is 0 Å². The average molecular weight is 384 g/mol. The molecule has 8 heteroatoms. The van der Waals surface area contributed by atoms with Crippen molar-refractivity contribution in [3.8, 4) is 34.1 Å². The zero-order chi connectivity index (χ0) is 19.9. The van der Waals surface area contributed by atoms with Crippen molar-refractivity contribution in [1.82, 2.24) is 5.16 Å². The number of methoxy groups -OCH3 is 3. The van der Waals surface area contributed by atoms with Gasteiger partial charge in [0.25, 0.3) is 5.91 Å². The molecule has 0 atom stereocenters. The van der Waals surface area contributed by atoms with Crippen LogP contribution in [-0.4, -0.2) is 39.0 Å². The molecule has 3 rings (SSSR count). The first-order chi connectivity index (χ1) is 13.7. The van der Waals surface area contributed by atoms with Crippen LogP contribution in [0.25, 0.3) is 11.1 Å². The lowest BCUT2D eigenvalue weighted by Gasteiger charge is -2.11. The molecular weight excluding hydrogens is 364 g/mol. The highest BCUT2D eigenvalue weighted by Crippen LogP contribution is 2.35. The summed E-state index contributed by atoms with van der Waals surface area (Å²) in [4.78, 5) is 12.3. The quantitative estimate of drug-likeness (QED) is 0.636. The molecule has 1 N–H and O–H groups in total. The van der Waals surface area contributed by atoms with E-state index in [2.05, 4.69) is 10.5 Å². The van der Waals surface area contributed by atoms with Crippen LogP contribution in [0.1, 0.15) is 0 Å². The van der Waals surface area contributed by atoms with E-state index in [0.717, 1.165) is 5.56 Å². The fourth-order valence-corrected chi connectivity index (χ4v) is 2.58. The fraction of sp³-hybridized carbons (Fsp3) is 0.200. The SMILES string of the molecule is COc1ccc(-c2cnoc2NC(=O)COc2ccccc2OC)cc1OC. The highest BCUT2D eigenvalue weighted by molar-refractivity contribution is 5.94. The van der Waals surface area contributed by atoms with Crippen molar-refractivity contribution < 1.29 is 28.3 Å². The second kappa shape index (κ2) is 8.81. The molecule has 2 aromatic carbocycles. The van der Waals surface area contributed by atoms with Crippen LogP contribution in [0.15, 0.2) is 53.2 Å². The van der Waals surface area contributed by atoms with E-state index in [1.165, 1.54) is 13.3 Å². The third-order valence-corrected chi connectivity index (χ3v) is 3.95. The predicted octanol–water partition coefficient (Wildman–Crippen LogP) is 3.38. The number of amides is 1. The molecule has 0 aliphatic heterocycles. The summed E-state index contributed by atoms with van der Waals surface area (Å²) in [5.41, 5.74) is 1.35. The number of anilines is 1. The van der Waals surface area contributed by atoms with Gasteiger partial charge < -0.3 is 23.5 Å². The molecule has 8 nitrogen and oxygen atoms in total. The number of ether oxygens (including phenoxy) is 4. The monoisotopic (exact) mass is 384 g/mol. The molecule has 0 radical (unpaired) electrons. The molecule has 0 fully saturated rings. The molecule has 0 aliphatic carbocycles. The standard InChI is InChI=1S/C20H20N2O6/c1-24-15-6-4-5-7-17(15)27-12-19(23)22-20-14(11-21-28-20)13-8-9-16(25-2)18(10-13)26-3/h4-11H,12H2,1-3H3,(H,22,23). The molecule has 3 aromatic rings. The van der Waals surface area contributed by atoms with Crippen LogP contribution in [0.4, 0.5) is 5.88 Å². The number of carbonyl (C=O) groups is 1. The normalized spacial score (nSPS) is 10.2. The van der Waals surface area contributed by atoms with Crippen LogP contribution in [0, 0.1) is 0 Å². The van der Waals surface area contributed by atoms with E-state index in [1.807, 2.05) is 12.1 Å². The van der Waals surface area contributed by atoms with Crippen molar-refractivity contribution in [2.75, 3.05) is 33.3 Å². The van der Waals surface area contributed by atoms with E-state index in [1.54, 1.807) is 44.6 Å². The number of aromatic nitrogens is 1. The molecule has 1 amide bonds. The third-order valence-electron chi connectivity index (χ3n) is 3.95. The summed E-state index contributed by atoms with van der Waals surface area (Å²) in [6, 6.07) is 12.4. The first-order valence-corrected chi connectivity index (χ1v) is 8.39. The van der Waals surface area contributed by atoms with Crippen molar-refractivity contribution in [3.05, 3.63) is 48.7 Å². The van der Waals surface area contributed by atoms with Gasteiger partial charge in [-0.2, -0.15) is 0 Å². The fourth-order valence-electron chi connectivity index (χ4n) is 2.58. The van der Waals surface area contributed by atoms with E-state index in [0.29, 0.717) is 28.6 Å². The number of nitrogens with one attached hydrogen (secondary N) is 1. The summed E-state index contributed by atoms with van der Waals surface area (Å²) in [6.45, 7) is -0.216. The van der Waals surface area contributed by atoms with Gasteiger partial charge in [-0.1, -0.05) is 23.4 Å². The van der Waals surface area contributed by atoms with Crippen LogP contribution in [0.5, 0.6) is 23.0 Å². The van der Waals surface area contributed by atoms with Crippen LogP contribution >= 0.6 is 0 Å². The average Bonchev–Trinajstić information content (AvgIpc) is 3.19. The first kappa shape index (κ1) is 19.1. The van der Waals surface area contributed by atoms with Gasteiger partial charge in [-0.25, -0.2) is 0 Å². The maximum Gasteiger partial charge on any atom is 0.264 e. The molecule has 0 spiro atoms. The number of hydrogen-bond acceptors (Lipinski definition) is 7. The van der Waals surface area contributed by atoms with Crippen LogP contribution < -0.4 is 24.3 Å². The van der Waals surface area contributed by atoms with Crippen LogP contribution in [-0.2, 0) is 4.79 Å². The maximum absolute atomic E-state index is 12.3. The molecular formula is C20H20N2O6. The van der Waals surface area contributed by atoms with E-state index in [9.17, 15) is 4.79 Å². The molecule has 0 aliphatic rings. The number of nitrogens with zero attached hydrogens (tertiary/aromatic N) is 1. The lowest BCUT2D eigenvalue weighted by atomic mass is 10.1. The van der Waals surface area contributed by atoms with Gasteiger partial charge in [0.1, 0.15) is 0 Å². The van der Waals surface area contributed by atoms with Gasteiger partial charge >= 0.3 is 0 Å². The van der Waals surface area contributed by atoms with Gasteiger partial charge in [-0.05, 0) is 29.8 Å². The topological polar surface area (TPSA) is 92.1 Å². The van der Waals surface area contributed by atoms with Gasteiger partial charge in [-0.3, -0.25) is 10.1 Å². The van der Waals surface area contributed by atoms with Crippen LogP contribution in [0.2, 0.25) is 0 Å². The molecule has 0 bridgehead atoms. The minimum Gasteiger partial charge on any atom is -0.493 e. The minimum absolute atomic E-state index is 0.209. The molecule has 146 valence electrons. The van der Waals surface area contributed by atoms with Crippen molar-refractivity contribution in [2.45, 2.75) is 0 Å². The second-order valence-corrected chi connectivity index (χ2v) is 5.63. The Balaban J connectivity index is 1.71. The Hall–Kier alpha value is -3.68. The summed E-state index contributed by atoms with van der Waals surface area (Å²) in [5, 5.41) is 6.43. The Morgan fingerprint density at radius 1 is 0.964 bits per heavy atom. The lowest BCUT2D eigenvalue weighted by molar-refractivity contribution is -0.118. The zero-order valence-corrected chi connectivity index (χ0v) is 15.7. The molecule has 1 aromatic heterocycles. The summed E-state index contributed by atoms with van der Waals surface area (Å²) < 4.78 is 26.4. The minimum atomic E-state index is -0.399. The lowest BCUT2D eigenvalue weighted by Crippen LogP contribution is -2.20. The van der Waals surface area contributed by atoms with Crippen LogP contribution in [0.3, 0.4) is 0 Å². The second-order valence-electron chi connectivity index (χ2n) is 5.63. The summed E-state index contributed by atoms with van der Waals surface area (Å²) >= 11 is 0. The maximum atomic E-state index is 12.3. The molecule has 0 saturated heterocycles. The van der Waals surface area contributed by atoms with E-state index in [4.69, 9.17) is 23.5 Å². The van der Waals surface area contributed by atoms with E-state index < -0.39 is 5.91 Å². The Morgan fingerprint density at radius 3 is 2.36 bits per heavy atom. The Kier molecular flexibility index (Phi) is 6.01. The largest absolute Gasteiger partial charge is 0.493 e. The molecule has 1 heterocycles. The predicted molar refractivity (Wildman–Crippen MR) is 102 cm³/mol. The number of para-hydroxylation sites is 2. The van der Waals surface area contributed by atoms with Gasteiger partial charge in [0, 0.05) is 0 Å². The van der Waals surface area contributed by atoms with Crippen molar-refractivity contribution >= 4 is 11.8 Å². The van der Waals surface area contributed by atoms with Gasteiger partial charge in [0.05, 0.1) is 33.1 Å². The highest BCUT2D eigenvalue weighted by atomic mass is 16.5. The summed E-state index contributed by atoms with van der Waals surface area (Å²) in [6.07, 6.45) is 1.51. The Morgan fingerprint density at radius 2 is 1.64 bits per heavy atom. The smallest absolute Gasteiger partial charge is 0.264 e.